The number of aryl methyl sites for hydroxylation is 2. The minimum atomic E-state index is -0.0537. The van der Waals surface area contributed by atoms with Gasteiger partial charge in [0.15, 0.2) is 0 Å². The number of carbonyl (C=O) groups excluding carboxylic acids is 1. The quantitative estimate of drug-likeness (QED) is 0.476. The maximum Gasteiger partial charge on any atom is 0.317 e. The van der Waals surface area contributed by atoms with Crippen LogP contribution in [0.3, 0.4) is 0 Å². The second kappa shape index (κ2) is 9.05. The highest BCUT2D eigenvalue weighted by atomic mass is 16.5. The van der Waals surface area contributed by atoms with E-state index in [0.29, 0.717) is 19.1 Å². The monoisotopic (exact) mass is 485 g/mol. The van der Waals surface area contributed by atoms with Gasteiger partial charge in [-0.2, -0.15) is 10.2 Å². The molecular formula is C27H31N7O2. The summed E-state index contributed by atoms with van der Waals surface area (Å²) in [6, 6.07) is 6.63. The molecule has 2 aliphatic heterocycles. The molecule has 0 atom stereocenters. The molecule has 1 saturated heterocycles. The fraction of sp³-hybridized carbons (Fsp3) is 0.407. The highest BCUT2D eigenvalue weighted by Crippen LogP contribution is 2.38. The average molecular weight is 486 g/mol. The van der Waals surface area contributed by atoms with Crippen LogP contribution in [0.15, 0.2) is 36.8 Å². The Morgan fingerprint density at radius 3 is 2.72 bits per heavy atom. The van der Waals surface area contributed by atoms with Crippen molar-refractivity contribution in [2.75, 3.05) is 26.8 Å². The third kappa shape index (κ3) is 3.74. The smallest absolute Gasteiger partial charge is 0.317 e. The Balaban J connectivity index is 1.51. The van der Waals surface area contributed by atoms with Crippen LogP contribution in [0.5, 0.6) is 0 Å². The number of hydrogen-bond acceptors (Lipinski definition) is 5. The summed E-state index contributed by atoms with van der Waals surface area (Å²) >= 11 is 0. The van der Waals surface area contributed by atoms with Crippen LogP contribution in [0.1, 0.15) is 35.7 Å². The first-order chi connectivity index (χ1) is 17.5. The normalized spacial score (nSPS) is 16.4. The van der Waals surface area contributed by atoms with E-state index in [4.69, 9.17) is 14.8 Å². The molecule has 0 aliphatic carbocycles. The van der Waals surface area contributed by atoms with Gasteiger partial charge in [0.25, 0.3) is 0 Å². The van der Waals surface area contributed by atoms with Crippen molar-refractivity contribution >= 4 is 16.8 Å². The molecule has 0 spiro atoms. The molecule has 1 aromatic carbocycles. The number of nitrogens with zero attached hydrogens (tertiary/aromatic N) is 6. The maximum absolute atomic E-state index is 12.5. The Kier molecular flexibility index (Phi) is 5.72. The molecule has 1 fully saturated rings. The van der Waals surface area contributed by atoms with Crippen molar-refractivity contribution in [1.82, 2.24) is 34.8 Å². The molecule has 2 aliphatic rings. The van der Waals surface area contributed by atoms with Gasteiger partial charge in [0.1, 0.15) is 0 Å². The fourth-order valence-corrected chi connectivity index (χ4v) is 5.65. The largest absolute Gasteiger partial charge is 0.381 e. The van der Waals surface area contributed by atoms with Gasteiger partial charge in [-0.1, -0.05) is 18.2 Å². The van der Waals surface area contributed by atoms with E-state index in [1.165, 1.54) is 5.69 Å². The third-order valence-corrected chi connectivity index (χ3v) is 7.55. The topological polar surface area (TPSA) is 90.1 Å². The highest BCUT2D eigenvalue weighted by Gasteiger charge is 2.31. The van der Waals surface area contributed by atoms with E-state index in [9.17, 15) is 4.79 Å². The van der Waals surface area contributed by atoms with Gasteiger partial charge in [0, 0.05) is 80.4 Å². The first-order valence-corrected chi connectivity index (χ1v) is 12.6. The Bertz CT molecular complexity index is 1450. The predicted octanol–water partition coefficient (Wildman–Crippen LogP) is 3.86. The van der Waals surface area contributed by atoms with Crippen molar-refractivity contribution < 1.29 is 9.53 Å². The second-order valence-corrected chi connectivity index (χ2v) is 9.69. The number of fused-ring (bicyclic) bond motifs is 2. The minimum Gasteiger partial charge on any atom is -0.381 e. The molecule has 0 unspecified atom stereocenters. The lowest BCUT2D eigenvalue weighted by atomic mass is 9.95. The van der Waals surface area contributed by atoms with Crippen molar-refractivity contribution in [3.63, 3.8) is 0 Å². The minimum absolute atomic E-state index is 0.0537. The summed E-state index contributed by atoms with van der Waals surface area (Å²) in [6.45, 7) is 4.86. The zero-order chi connectivity index (χ0) is 24.8. The van der Waals surface area contributed by atoms with E-state index in [1.54, 1.807) is 11.7 Å². The van der Waals surface area contributed by atoms with Crippen molar-refractivity contribution in [3.8, 4) is 22.5 Å². The summed E-state index contributed by atoms with van der Waals surface area (Å²) in [4.78, 5) is 19.3. The summed E-state index contributed by atoms with van der Waals surface area (Å²) in [6.07, 6.45) is 8.50. The standard InChI is InChI=1S/C27H31N7O2/c1-17-20-5-4-6-21(22(20)14-29-25(17)18-13-30-32(3)15-18)26-23-16-33(27(35)28-2)10-7-24(23)34(31-26)19-8-11-36-12-9-19/h4-6,13-15,19H,7-12,16H2,1-3H3,(H,28,35). The van der Waals surface area contributed by atoms with Crippen LogP contribution in [0.25, 0.3) is 33.3 Å². The van der Waals surface area contributed by atoms with E-state index in [0.717, 1.165) is 76.9 Å². The van der Waals surface area contributed by atoms with E-state index in [1.807, 2.05) is 30.5 Å². The first-order valence-electron chi connectivity index (χ1n) is 12.6. The molecule has 0 bridgehead atoms. The van der Waals surface area contributed by atoms with Gasteiger partial charge in [-0.05, 0) is 30.7 Å². The zero-order valence-electron chi connectivity index (χ0n) is 21.0. The lowest BCUT2D eigenvalue weighted by molar-refractivity contribution is 0.0651. The van der Waals surface area contributed by atoms with Crippen LogP contribution >= 0.6 is 0 Å². The van der Waals surface area contributed by atoms with Gasteiger partial charge >= 0.3 is 6.03 Å². The van der Waals surface area contributed by atoms with Gasteiger partial charge in [-0.15, -0.1) is 0 Å². The Morgan fingerprint density at radius 1 is 1.14 bits per heavy atom. The lowest BCUT2D eigenvalue weighted by Crippen LogP contribution is -2.41. The van der Waals surface area contributed by atoms with Crippen LogP contribution in [0.4, 0.5) is 4.79 Å². The number of urea groups is 1. The van der Waals surface area contributed by atoms with Crippen LogP contribution in [0, 0.1) is 6.92 Å². The number of benzene rings is 1. The number of nitrogens with one attached hydrogen (secondary N) is 1. The van der Waals surface area contributed by atoms with E-state index >= 15 is 0 Å². The molecular weight excluding hydrogens is 454 g/mol. The summed E-state index contributed by atoms with van der Waals surface area (Å²) in [7, 11) is 3.60. The number of aromatic nitrogens is 5. The summed E-state index contributed by atoms with van der Waals surface area (Å²) in [5.74, 6) is 0. The molecule has 36 heavy (non-hydrogen) atoms. The molecule has 5 heterocycles. The molecule has 2 amide bonds. The number of pyridine rings is 1. The average Bonchev–Trinajstić information content (AvgIpc) is 3.52. The van der Waals surface area contributed by atoms with Gasteiger partial charge in [-0.3, -0.25) is 14.3 Å². The molecule has 1 N–H and O–H groups in total. The van der Waals surface area contributed by atoms with Gasteiger partial charge in [0.05, 0.1) is 30.2 Å². The van der Waals surface area contributed by atoms with Crippen molar-refractivity contribution in [1.29, 1.82) is 0 Å². The fourth-order valence-electron chi connectivity index (χ4n) is 5.65. The highest BCUT2D eigenvalue weighted by molar-refractivity contribution is 5.99. The Morgan fingerprint density at radius 2 is 1.97 bits per heavy atom. The Hall–Kier alpha value is -3.72. The SMILES string of the molecule is CNC(=O)N1CCc2c(c(-c3cccc4c(C)c(-c5cnn(C)c5)ncc34)nn2C2CCOCC2)C1. The Labute approximate surface area is 210 Å². The van der Waals surface area contributed by atoms with Gasteiger partial charge in [-0.25, -0.2) is 4.79 Å². The summed E-state index contributed by atoms with van der Waals surface area (Å²) in [5.41, 5.74) is 7.45. The van der Waals surface area contributed by atoms with E-state index in [-0.39, 0.29) is 6.03 Å². The van der Waals surface area contributed by atoms with Gasteiger partial charge < -0.3 is 15.0 Å². The second-order valence-electron chi connectivity index (χ2n) is 9.69. The van der Waals surface area contributed by atoms with E-state index < -0.39 is 0 Å². The molecule has 9 nitrogen and oxygen atoms in total. The van der Waals surface area contributed by atoms with E-state index in [2.05, 4.69) is 40.2 Å². The summed E-state index contributed by atoms with van der Waals surface area (Å²) < 4.78 is 9.65. The number of carbonyl (C=O) groups is 1. The van der Waals surface area contributed by atoms with Crippen molar-refractivity contribution in [2.45, 2.75) is 38.8 Å². The van der Waals surface area contributed by atoms with Gasteiger partial charge in [0.2, 0.25) is 0 Å². The number of amides is 2. The molecule has 3 aromatic heterocycles. The lowest BCUT2D eigenvalue weighted by Gasteiger charge is -2.29. The maximum atomic E-state index is 12.5. The molecule has 4 aromatic rings. The van der Waals surface area contributed by atoms with Crippen molar-refractivity contribution in [2.24, 2.45) is 7.05 Å². The predicted molar refractivity (Wildman–Crippen MR) is 138 cm³/mol. The molecule has 186 valence electrons. The summed E-state index contributed by atoms with van der Waals surface area (Å²) in [5, 5.41) is 14.5. The number of rotatable bonds is 3. The van der Waals surface area contributed by atoms with Crippen LogP contribution in [-0.4, -0.2) is 62.3 Å². The van der Waals surface area contributed by atoms with Crippen LogP contribution < -0.4 is 5.32 Å². The first kappa shape index (κ1) is 22.7. The molecule has 6 rings (SSSR count). The number of hydrogen-bond donors (Lipinski definition) is 1. The van der Waals surface area contributed by atoms with Crippen LogP contribution in [-0.2, 0) is 24.8 Å². The molecule has 0 radical (unpaired) electrons. The zero-order valence-corrected chi connectivity index (χ0v) is 21.0. The molecule has 0 saturated carbocycles. The number of ether oxygens (including phenoxy) is 1. The van der Waals surface area contributed by atoms with Crippen LogP contribution in [0.2, 0.25) is 0 Å². The molecule has 9 heteroatoms. The third-order valence-electron chi connectivity index (χ3n) is 7.55. The van der Waals surface area contributed by atoms with Crippen molar-refractivity contribution in [3.05, 3.63) is 53.6 Å².